The lowest BCUT2D eigenvalue weighted by atomic mass is 9.99. The Morgan fingerprint density at radius 3 is 2.53 bits per heavy atom. The summed E-state index contributed by atoms with van der Waals surface area (Å²) >= 11 is 0. The van der Waals surface area contributed by atoms with Gasteiger partial charge in [0, 0.05) is 19.6 Å². The number of benzene rings is 2. The normalized spacial score (nSPS) is 17.4. The summed E-state index contributed by atoms with van der Waals surface area (Å²) in [6.45, 7) is 1.18. The van der Waals surface area contributed by atoms with Crippen LogP contribution in [-0.4, -0.2) is 44.6 Å². The van der Waals surface area contributed by atoms with Crippen molar-refractivity contribution in [1.29, 1.82) is 0 Å². The summed E-state index contributed by atoms with van der Waals surface area (Å²) in [5.74, 6) is 0.489. The van der Waals surface area contributed by atoms with Gasteiger partial charge in [-0.3, -0.25) is 4.79 Å². The Morgan fingerprint density at radius 2 is 1.83 bits per heavy atom. The van der Waals surface area contributed by atoms with E-state index in [1.54, 1.807) is 7.11 Å². The van der Waals surface area contributed by atoms with E-state index in [1.165, 1.54) is 4.31 Å². The smallest absolute Gasteiger partial charge is 0.224 e. The molecule has 2 aromatic carbocycles. The number of amides is 1. The number of ether oxygens (including phenoxy) is 1. The number of carbonyl (C=O) groups excluding carboxylic acids is 1. The van der Waals surface area contributed by atoms with E-state index in [4.69, 9.17) is 4.74 Å². The molecule has 2 aromatic rings. The summed E-state index contributed by atoms with van der Waals surface area (Å²) in [5, 5.41) is 2.94. The van der Waals surface area contributed by atoms with Crippen LogP contribution in [0.1, 0.15) is 30.4 Å². The third-order valence-electron chi connectivity index (χ3n) is 5.48. The molecule has 1 unspecified atom stereocenters. The van der Waals surface area contributed by atoms with Gasteiger partial charge in [0.25, 0.3) is 0 Å². The van der Waals surface area contributed by atoms with Crippen LogP contribution in [0.3, 0.4) is 0 Å². The number of carbonyl (C=O) groups is 1. The number of nitrogens with zero attached hydrogens (tertiary/aromatic N) is 1. The van der Waals surface area contributed by atoms with Gasteiger partial charge < -0.3 is 10.1 Å². The van der Waals surface area contributed by atoms with Gasteiger partial charge in [-0.2, -0.15) is 0 Å². The standard InChI is InChI=1S/C23H30N2O4S/c1-29-22-13-11-20(12-14-22)17-24-23(26)21-10-5-15-25(18-21)30(27,28)16-6-9-19-7-3-2-4-8-19/h2-4,7-8,11-14,21H,5-6,9-10,15-18H2,1H3,(H,24,26). The Kier molecular flexibility index (Phi) is 7.87. The van der Waals surface area contributed by atoms with Crippen molar-refractivity contribution in [1.82, 2.24) is 9.62 Å². The zero-order valence-corrected chi connectivity index (χ0v) is 18.2. The van der Waals surface area contributed by atoms with E-state index in [2.05, 4.69) is 5.32 Å². The van der Waals surface area contributed by atoms with E-state index in [0.717, 1.165) is 23.3 Å². The van der Waals surface area contributed by atoms with E-state index < -0.39 is 10.0 Å². The van der Waals surface area contributed by atoms with Gasteiger partial charge >= 0.3 is 0 Å². The maximum Gasteiger partial charge on any atom is 0.224 e. The lowest BCUT2D eigenvalue weighted by molar-refractivity contribution is -0.126. The van der Waals surface area contributed by atoms with Crippen molar-refractivity contribution in [2.24, 2.45) is 5.92 Å². The second kappa shape index (κ2) is 10.6. The molecule has 162 valence electrons. The van der Waals surface area contributed by atoms with Crippen molar-refractivity contribution in [2.45, 2.75) is 32.2 Å². The SMILES string of the molecule is COc1ccc(CNC(=O)C2CCCN(S(=O)(=O)CCCc3ccccc3)C2)cc1. The maximum atomic E-state index is 12.8. The fourth-order valence-corrected chi connectivity index (χ4v) is 5.30. The van der Waals surface area contributed by atoms with E-state index in [0.29, 0.717) is 32.4 Å². The Hall–Kier alpha value is -2.38. The molecule has 0 aliphatic carbocycles. The summed E-state index contributed by atoms with van der Waals surface area (Å²) in [5.41, 5.74) is 2.12. The number of nitrogens with one attached hydrogen (secondary N) is 1. The van der Waals surface area contributed by atoms with Crippen LogP contribution in [0.4, 0.5) is 0 Å². The fraction of sp³-hybridized carbons (Fsp3) is 0.435. The predicted molar refractivity (Wildman–Crippen MR) is 118 cm³/mol. The second-order valence-corrected chi connectivity index (χ2v) is 9.76. The Labute approximate surface area is 179 Å². The molecule has 1 N–H and O–H groups in total. The molecule has 7 heteroatoms. The molecule has 0 saturated carbocycles. The molecular weight excluding hydrogens is 400 g/mol. The van der Waals surface area contributed by atoms with Gasteiger partial charge in [0.2, 0.25) is 15.9 Å². The van der Waals surface area contributed by atoms with E-state index in [1.807, 2.05) is 54.6 Å². The van der Waals surface area contributed by atoms with Crippen LogP contribution in [0, 0.1) is 5.92 Å². The van der Waals surface area contributed by atoms with Gasteiger partial charge in [-0.25, -0.2) is 12.7 Å². The van der Waals surface area contributed by atoms with Crippen LogP contribution < -0.4 is 10.1 Å². The molecule has 1 aliphatic rings. The maximum absolute atomic E-state index is 12.8. The fourth-order valence-electron chi connectivity index (χ4n) is 3.72. The van der Waals surface area contributed by atoms with Crippen LogP contribution in [0.5, 0.6) is 5.75 Å². The number of hydrogen-bond donors (Lipinski definition) is 1. The second-order valence-electron chi connectivity index (χ2n) is 7.67. The Bertz CT molecular complexity index is 914. The quantitative estimate of drug-likeness (QED) is 0.664. The first-order chi connectivity index (χ1) is 14.5. The van der Waals surface area contributed by atoms with Crippen molar-refractivity contribution in [3.8, 4) is 5.75 Å². The number of rotatable bonds is 9. The van der Waals surface area contributed by atoms with Gasteiger partial charge in [0.05, 0.1) is 18.8 Å². The predicted octanol–water partition coefficient (Wildman–Crippen LogP) is 2.99. The highest BCUT2D eigenvalue weighted by Gasteiger charge is 2.31. The topological polar surface area (TPSA) is 75.7 Å². The van der Waals surface area contributed by atoms with E-state index in [9.17, 15) is 13.2 Å². The molecule has 1 atom stereocenters. The van der Waals surface area contributed by atoms with Crippen LogP contribution in [0.25, 0.3) is 0 Å². The highest BCUT2D eigenvalue weighted by molar-refractivity contribution is 7.89. The number of methoxy groups -OCH3 is 1. The van der Waals surface area contributed by atoms with Crippen molar-refractivity contribution in [2.75, 3.05) is 26.0 Å². The zero-order chi connectivity index (χ0) is 21.4. The molecule has 1 saturated heterocycles. The van der Waals surface area contributed by atoms with Gasteiger partial charge in [0.15, 0.2) is 0 Å². The monoisotopic (exact) mass is 430 g/mol. The average molecular weight is 431 g/mol. The molecular formula is C23H30N2O4S. The largest absolute Gasteiger partial charge is 0.497 e. The van der Waals surface area contributed by atoms with Gasteiger partial charge in [-0.15, -0.1) is 0 Å². The number of aryl methyl sites for hydroxylation is 1. The Balaban J connectivity index is 1.48. The molecule has 1 fully saturated rings. The van der Waals surface area contributed by atoms with Crippen molar-refractivity contribution in [3.63, 3.8) is 0 Å². The molecule has 1 aliphatic heterocycles. The summed E-state index contributed by atoms with van der Waals surface area (Å²) in [6, 6.07) is 17.4. The molecule has 1 heterocycles. The van der Waals surface area contributed by atoms with Crippen molar-refractivity contribution < 1.29 is 17.9 Å². The Morgan fingerprint density at radius 1 is 1.10 bits per heavy atom. The van der Waals surface area contributed by atoms with Crippen molar-refractivity contribution >= 4 is 15.9 Å². The minimum absolute atomic E-state index is 0.0880. The third kappa shape index (κ3) is 6.31. The first-order valence-corrected chi connectivity index (χ1v) is 12.0. The summed E-state index contributed by atoms with van der Waals surface area (Å²) < 4.78 is 32.2. The van der Waals surface area contributed by atoms with Crippen LogP contribution in [-0.2, 0) is 27.8 Å². The van der Waals surface area contributed by atoms with Crippen LogP contribution in [0.15, 0.2) is 54.6 Å². The van der Waals surface area contributed by atoms with Crippen molar-refractivity contribution in [3.05, 3.63) is 65.7 Å². The molecule has 0 spiro atoms. The molecule has 1 amide bonds. The lowest BCUT2D eigenvalue weighted by Gasteiger charge is -2.31. The number of piperidine rings is 1. The molecule has 0 bridgehead atoms. The summed E-state index contributed by atoms with van der Waals surface area (Å²) in [6.07, 6.45) is 2.74. The number of sulfonamides is 1. The molecule has 3 rings (SSSR count). The highest BCUT2D eigenvalue weighted by Crippen LogP contribution is 2.21. The third-order valence-corrected chi connectivity index (χ3v) is 7.41. The average Bonchev–Trinajstić information content (AvgIpc) is 2.78. The molecule has 0 radical (unpaired) electrons. The molecule has 0 aromatic heterocycles. The van der Waals surface area contributed by atoms with Crippen LogP contribution >= 0.6 is 0 Å². The van der Waals surface area contributed by atoms with E-state index >= 15 is 0 Å². The van der Waals surface area contributed by atoms with Crippen LogP contribution in [0.2, 0.25) is 0 Å². The first-order valence-electron chi connectivity index (χ1n) is 10.4. The number of hydrogen-bond acceptors (Lipinski definition) is 4. The van der Waals surface area contributed by atoms with Gasteiger partial charge in [-0.1, -0.05) is 42.5 Å². The van der Waals surface area contributed by atoms with Gasteiger partial charge in [0.1, 0.15) is 5.75 Å². The van der Waals surface area contributed by atoms with E-state index in [-0.39, 0.29) is 24.1 Å². The minimum Gasteiger partial charge on any atom is -0.497 e. The molecule has 6 nitrogen and oxygen atoms in total. The summed E-state index contributed by atoms with van der Waals surface area (Å²) in [7, 11) is -1.74. The summed E-state index contributed by atoms with van der Waals surface area (Å²) in [4.78, 5) is 12.6. The van der Waals surface area contributed by atoms with Gasteiger partial charge in [-0.05, 0) is 48.9 Å². The molecule has 30 heavy (non-hydrogen) atoms. The highest BCUT2D eigenvalue weighted by atomic mass is 32.2. The lowest BCUT2D eigenvalue weighted by Crippen LogP contribution is -2.46. The zero-order valence-electron chi connectivity index (χ0n) is 17.4. The minimum atomic E-state index is -3.36. The first kappa shape index (κ1) is 22.3.